The van der Waals surface area contributed by atoms with Crippen molar-refractivity contribution in [2.24, 2.45) is 0 Å². The predicted molar refractivity (Wildman–Crippen MR) is 129 cm³/mol. The quantitative estimate of drug-likeness (QED) is 0.258. The van der Waals surface area contributed by atoms with Crippen molar-refractivity contribution >= 4 is 8.80 Å². The highest BCUT2D eigenvalue weighted by molar-refractivity contribution is 6.59. The molecule has 3 aromatic carbocycles. The van der Waals surface area contributed by atoms with Gasteiger partial charge in [-0.15, -0.1) is 0 Å². The highest BCUT2D eigenvalue weighted by Gasteiger charge is 2.24. The molecule has 4 rings (SSSR count). The Balaban J connectivity index is 1.61. The van der Waals surface area contributed by atoms with E-state index in [1.165, 1.54) is 74.0 Å². The van der Waals surface area contributed by atoms with E-state index in [2.05, 4.69) is 25.1 Å². The average Bonchev–Trinajstić information content (AvgIpc) is 2.80. The minimum atomic E-state index is -0.239. The van der Waals surface area contributed by atoms with Gasteiger partial charge in [0, 0.05) is 8.80 Å². The van der Waals surface area contributed by atoms with E-state index in [-0.39, 0.29) is 20.4 Å². The molecule has 0 bridgehead atoms. The van der Waals surface area contributed by atoms with E-state index >= 15 is 0 Å². The Morgan fingerprint density at radius 1 is 0.774 bits per heavy atom. The molecule has 1 aliphatic heterocycles. The summed E-state index contributed by atoms with van der Waals surface area (Å²) < 4.78 is 27.5. The molecule has 31 heavy (non-hydrogen) atoms. The summed E-state index contributed by atoms with van der Waals surface area (Å²) in [6.07, 6.45) is 6.65. The first-order chi connectivity index (χ1) is 15.1. The number of hydrogen-bond donors (Lipinski definition) is 0. The van der Waals surface area contributed by atoms with Crippen LogP contribution in [0.25, 0.3) is 22.3 Å². The predicted octanol–water partition coefficient (Wildman–Crippen LogP) is 8.86. The molecular weight excluding hydrogens is 402 g/mol. The van der Waals surface area contributed by atoms with Gasteiger partial charge in [-0.05, 0) is 70.8 Å². The van der Waals surface area contributed by atoms with E-state index in [1.807, 2.05) is 18.2 Å². The number of hydrogen-bond acceptors (Lipinski definition) is 0. The Bertz CT molecular complexity index is 988. The first-order valence-electron chi connectivity index (χ1n) is 11.6. The molecule has 0 nitrogen and oxygen atoms in total. The highest BCUT2D eigenvalue weighted by Crippen LogP contribution is 2.40. The maximum absolute atomic E-state index is 13.9. The molecule has 1 fully saturated rings. The monoisotopic (exact) mass is 433 g/mol. The Morgan fingerprint density at radius 2 is 1.55 bits per heavy atom. The third-order valence-electron chi connectivity index (χ3n) is 6.63. The summed E-state index contributed by atoms with van der Waals surface area (Å²) >= 11 is 0. The summed E-state index contributed by atoms with van der Waals surface area (Å²) in [6.45, 7) is 2.28. The van der Waals surface area contributed by atoms with Crippen LogP contribution in [0, 0.1) is 11.6 Å². The summed E-state index contributed by atoms with van der Waals surface area (Å²) in [5, 5.41) is 0. The van der Waals surface area contributed by atoms with Crippen molar-refractivity contribution in [1.82, 2.24) is 0 Å². The van der Waals surface area contributed by atoms with Gasteiger partial charge < -0.3 is 0 Å². The second-order valence-corrected chi connectivity index (χ2v) is 11.8. The van der Waals surface area contributed by atoms with Crippen LogP contribution in [0.1, 0.15) is 50.5 Å². The van der Waals surface area contributed by atoms with E-state index in [9.17, 15) is 8.78 Å². The van der Waals surface area contributed by atoms with E-state index < -0.39 is 0 Å². The third-order valence-corrected chi connectivity index (χ3v) is 9.68. The maximum Gasteiger partial charge on any atom is 0.123 e. The molecule has 0 unspecified atom stereocenters. The lowest BCUT2D eigenvalue weighted by Crippen LogP contribution is -2.20. The van der Waals surface area contributed by atoms with Crippen LogP contribution in [0.5, 0.6) is 0 Å². The molecule has 3 aromatic rings. The SMILES string of the molecule is CCCCC[Si]1CCC(c2ccc(-c3cccc(F)c3)c(-c3ccc(F)cc3)c2)CC1. The van der Waals surface area contributed by atoms with Crippen molar-refractivity contribution in [3.63, 3.8) is 0 Å². The maximum atomic E-state index is 13.9. The van der Waals surface area contributed by atoms with Crippen molar-refractivity contribution in [3.8, 4) is 22.3 Å². The minimum absolute atomic E-state index is 0.165. The van der Waals surface area contributed by atoms with Gasteiger partial charge in [0.2, 0.25) is 0 Å². The molecule has 0 saturated carbocycles. The second-order valence-electron chi connectivity index (χ2n) is 8.80. The molecule has 0 spiro atoms. The molecule has 1 saturated heterocycles. The molecule has 0 aliphatic carbocycles. The lowest BCUT2D eigenvalue weighted by Gasteiger charge is -2.28. The normalized spacial score (nSPS) is 15.3. The van der Waals surface area contributed by atoms with Crippen LogP contribution in [-0.2, 0) is 0 Å². The first kappa shape index (κ1) is 21.9. The van der Waals surface area contributed by atoms with Gasteiger partial charge in [-0.3, -0.25) is 0 Å². The zero-order valence-electron chi connectivity index (χ0n) is 18.3. The van der Waals surface area contributed by atoms with E-state index in [0.29, 0.717) is 5.92 Å². The number of rotatable bonds is 7. The van der Waals surface area contributed by atoms with Crippen LogP contribution in [-0.4, -0.2) is 8.80 Å². The van der Waals surface area contributed by atoms with Gasteiger partial charge in [-0.2, -0.15) is 0 Å². The lowest BCUT2D eigenvalue weighted by molar-refractivity contribution is 0.603. The van der Waals surface area contributed by atoms with Crippen molar-refractivity contribution in [1.29, 1.82) is 0 Å². The molecule has 161 valence electrons. The topological polar surface area (TPSA) is 0 Å². The summed E-state index contributed by atoms with van der Waals surface area (Å²) in [7, 11) is -0.165. The number of unbranched alkanes of at least 4 members (excludes halogenated alkanes) is 2. The fraction of sp³-hybridized carbons (Fsp3) is 0.357. The lowest BCUT2D eigenvalue weighted by atomic mass is 9.87. The van der Waals surface area contributed by atoms with Crippen molar-refractivity contribution in [2.45, 2.75) is 63.1 Å². The number of halogens is 2. The van der Waals surface area contributed by atoms with Crippen molar-refractivity contribution in [3.05, 3.63) is 83.9 Å². The fourth-order valence-corrected chi connectivity index (χ4v) is 7.84. The van der Waals surface area contributed by atoms with E-state index in [0.717, 1.165) is 22.3 Å². The van der Waals surface area contributed by atoms with E-state index in [1.54, 1.807) is 12.1 Å². The van der Waals surface area contributed by atoms with Gasteiger partial charge in [-0.1, -0.05) is 86.8 Å². The Labute approximate surface area is 186 Å². The van der Waals surface area contributed by atoms with Gasteiger partial charge in [0.1, 0.15) is 11.6 Å². The smallest absolute Gasteiger partial charge is 0.123 e. The van der Waals surface area contributed by atoms with Gasteiger partial charge >= 0.3 is 0 Å². The molecule has 1 radical (unpaired) electrons. The Morgan fingerprint density at radius 3 is 2.26 bits per heavy atom. The molecule has 0 atom stereocenters. The van der Waals surface area contributed by atoms with Gasteiger partial charge in [-0.25, -0.2) is 8.78 Å². The molecule has 3 heteroatoms. The number of benzene rings is 3. The van der Waals surface area contributed by atoms with Crippen molar-refractivity contribution in [2.75, 3.05) is 0 Å². The van der Waals surface area contributed by atoms with Crippen LogP contribution in [0.3, 0.4) is 0 Å². The standard InChI is InChI=1S/C28H31F2Si/c1-2-3-4-16-31-17-14-21(15-18-31)23-10-13-27(24-6-5-7-26(30)19-24)28(20-23)22-8-11-25(29)12-9-22/h5-13,19-21H,2-4,14-18H2,1H3. The zero-order chi connectivity index (χ0) is 21.6. The van der Waals surface area contributed by atoms with Crippen LogP contribution in [0.2, 0.25) is 18.1 Å². The molecule has 0 amide bonds. The largest absolute Gasteiger partial charge is 0.207 e. The van der Waals surface area contributed by atoms with E-state index in [4.69, 9.17) is 0 Å². The van der Waals surface area contributed by atoms with Crippen molar-refractivity contribution < 1.29 is 8.78 Å². The summed E-state index contributed by atoms with van der Waals surface area (Å²) in [4.78, 5) is 0. The van der Waals surface area contributed by atoms with Crippen LogP contribution < -0.4 is 0 Å². The highest BCUT2D eigenvalue weighted by atomic mass is 28.3. The van der Waals surface area contributed by atoms with Crippen LogP contribution >= 0.6 is 0 Å². The molecular formula is C28H31F2Si. The molecule has 1 heterocycles. The van der Waals surface area contributed by atoms with Crippen LogP contribution in [0.15, 0.2) is 66.7 Å². The third kappa shape index (κ3) is 5.51. The van der Waals surface area contributed by atoms with Crippen LogP contribution in [0.4, 0.5) is 8.78 Å². The van der Waals surface area contributed by atoms with Gasteiger partial charge in [0.25, 0.3) is 0 Å². The first-order valence-corrected chi connectivity index (χ1v) is 13.8. The Kier molecular flexibility index (Phi) is 7.34. The van der Waals surface area contributed by atoms with Gasteiger partial charge in [0.15, 0.2) is 0 Å². The Hall–Kier alpha value is -2.26. The summed E-state index contributed by atoms with van der Waals surface area (Å²) in [5.41, 5.74) is 5.25. The fourth-order valence-electron chi connectivity index (χ4n) is 4.83. The summed E-state index contributed by atoms with van der Waals surface area (Å²) in [5.74, 6) is 0.120. The average molecular weight is 434 g/mol. The van der Waals surface area contributed by atoms with Gasteiger partial charge in [0.05, 0.1) is 0 Å². The minimum Gasteiger partial charge on any atom is -0.207 e. The molecule has 0 aromatic heterocycles. The second kappa shape index (κ2) is 10.4. The molecule has 0 N–H and O–H groups in total. The molecule has 1 aliphatic rings. The summed E-state index contributed by atoms with van der Waals surface area (Å²) in [6, 6.07) is 24.3. The zero-order valence-corrected chi connectivity index (χ0v) is 19.3.